The molecule has 160 valence electrons. The third-order valence-electron chi connectivity index (χ3n) is 5.16. The van der Waals surface area contributed by atoms with Crippen molar-refractivity contribution in [3.8, 4) is 10.6 Å². The summed E-state index contributed by atoms with van der Waals surface area (Å²) in [6.07, 6.45) is 3.85. The lowest BCUT2D eigenvalue weighted by Crippen LogP contribution is -2.32. The number of rotatable bonds is 3. The number of H-pyrrole nitrogens is 1. The van der Waals surface area contributed by atoms with Crippen molar-refractivity contribution in [2.24, 2.45) is 0 Å². The van der Waals surface area contributed by atoms with Crippen molar-refractivity contribution in [3.05, 3.63) is 81.7 Å². The molecule has 0 bridgehead atoms. The van der Waals surface area contributed by atoms with Crippen LogP contribution in [-0.2, 0) is 6.42 Å². The average molecular weight is 468 g/mol. The Morgan fingerprint density at radius 1 is 1.19 bits per heavy atom. The molecule has 10 heteroatoms. The summed E-state index contributed by atoms with van der Waals surface area (Å²) in [7, 11) is 0. The van der Waals surface area contributed by atoms with Crippen molar-refractivity contribution in [1.82, 2.24) is 15.2 Å². The quantitative estimate of drug-likeness (QED) is 0.453. The van der Waals surface area contributed by atoms with Crippen LogP contribution in [0.1, 0.15) is 26.3 Å². The van der Waals surface area contributed by atoms with Gasteiger partial charge in [-0.15, -0.1) is 11.3 Å². The van der Waals surface area contributed by atoms with E-state index in [4.69, 9.17) is 11.6 Å². The number of thiophene rings is 1. The molecule has 2 N–H and O–H groups in total. The first-order valence-electron chi connectivity index (χ1n) is 9.65. The molecule has 0 spiro atoms. The molecule has 3 aromatic heterocycles. The number of nitrogens with one attached hydrogen (secondary N) is 2. The maximum absolute atomic E-state index is 13.9. The minimum atomic E-state index is -0.688. The Morgan fingerprint density at radius 3 is 2.88 bits per heavy atom. The second-order valence-corrected chi connectivity index (χ2v) is 8.47. The minimum Gasteiger partial charge on any atom is -0.306 e. The van der Waals surface area contributed by atoms with Crippen LogP contribution in [0.15, 0.2) is 54.2 Å². The topological polar surface area (TPSA) is 91.0 Å². The number of aromatic amines is 1. The zero-order chi connectivity index (χ0) is 22.2. The molecule has 0 unspecified atom stereocenters. The van der Waals surface area contributed by atoms with Crippen molar-refractivity contribution < 1.29 is 14.0 Å². The zero-order valence-electron chi connectivity index (χ0n) is 16.4. The van der Waals surface area contributed by atoms with Gasteiger partial charge in [0.2, 0.25) is 0 Å². The maximum atomic E-state index is 13.9. The van der Waals surface area contributed by atoms with Crippen LogP contribution in [0.25, 0.3) is 10.6 Å². The van der Waals surface area contributed by atoms with E-state index in [2.05, 4.69) is 20.5 Å². The molecule has 4 aromatic rings. The zero-order valence-corrected chi connectivity index (χ0v) is 18.0. The normalized spacial score (nSPS) is 12.6. The molecule has 0 saturated heterocycles. The van der Waals surface area contributed by atoms with Gasteiger partial charge in [0, 0.05) is 23.3 Å². The van der Waals surface area contributed by atoms with Crippen LogP contribution in [-0.4, -0.2) is 33.5 Å². The van der Waals surface area contributed by atoms with Gasteiger partial charge in [-0.25, -0.2) is 9.37 Å². The number of pyridine rings is 1. The highest BCUT2D eigenvalue weighted by Crippen LogP contribution is 2.39. The highest BCUT2D eigenvalue weighted by molar-refractivity contribution is 7.14. The number of amides is 2. The number of nitrogens with zero attached hydrogens (tertiary/aromatic N) is 3. The summed E-state index contributed by atoms with van der Waals surface area (Å²) in [4.78, 5) is 32.4. The molecule has 7 nitrogen and oxygen atoms in total. The molecule has 1 aliphatic heterocycles. The van der Waals surface area contributed by atoms with Gasteiger partial charge in [0.05, 0.1) is 33.6 Å². The second kappa shape index (κ2) is 8.18. The Kier molecular flexibility index (Phi) is 5.20. The molecule has 32 heavy (non-hydrogen) atoms. The summed E-state index contributed by atoms with van der Waals surface area (Å²) in [5.74, 6) is -1.37. The Bertz CT molecular complexity index is 1330. The lowest BCUT2D eigenvalue weighted by molar-refractivity contribution is 0.0986. The lowest BCUT2D eigenvalue weighted by atomic mass is 10.2. The van der Waals surface area contributed by atoms with Crippen molar-refractivity contribution in [3.63, 3.8) is 0 Å². The number of aromatic nitrogens is 3. The first-order chi connectivity index (χ1) is 15.5. The average Bonchev–Trinajstić information content (AvgIpc) is 3.43. The fourth-order valence-electron chi connectivity index (χ4n) is 3.57. The van der Waals surface area contributed by atoms with E-state index in [0.717, 1.165) is 27.9 Å². The Hall–Kier alpha value is -3.56. The van der Waals surface area contributed by atoms with Crippen LogP contribution in [0, 0.1) is 5.82 Å². The van der Waals surface area contributed by atoms with Crippen LogP contribution in [0.4, 0.5) is 15.9 Å². The lowest BCUT2D eigenvalue weighted by Gasteiger charge is -2.21. The van der Waals surface area contributed by atoms with Gasteiger partial charge in [0.25, 0.3) is 11.8 Å². The van der Waals surface area contributed by atoms with Gasteiger partial charge in [0.15, 0.2) is 0 Å². The van der Waals surface area contributed by atoms with E-state index in [1.165, 1.54) is 24.4 Å². The highest BCUT2D eigenvalue weighted by Gasteiger charge is 2.27. The van der Waals surface area contributed by atoms with Crippen LogP contribution in [0.3, 0.4) is 0 Å². The molecule has 0 fully saturated rings. The minimum absolute atomic E-state index is 0.188. The molecule has 0 saturated carbocycles. The fraction of sp³-hybridized carbons (Fsp3) is 0.0909. The van der Waals surface area contributed by atoms with Crippen molar-refractivity contribution in [2.45, 2.75) is 6.42 Å². The van der Waals surface area contributed by atoms with E-state index in [1.54, 1.807) is 28.5 Å². The van der Waals surface area contributed by atoms with Crippen LogP contribution < -0.4 is 10.2 Å². The number of hydrogen-bond donors (Lipinski definition) is 2. The predicted molar refractivity (Wildman–Crippen MR) is 121 cm³/mol. The van der Waals surface area contributed by atoms with E-state index < -0.39 is 11.7 Å². The maximum Gasteiger partial charge on any atom is 0.259 e. The van der Waals surface area contributed by atoms with E-state index in [1.807, 2.05) is 11.4 Å². The summed E-state index contributed by atoms with van der Waals surface area (Å²) in [5.41, 5.74) is 3.00. The number of halogens is 2. The standard InChI is InChI=1S/C22H15ClFN5O2S/c23-14-2-3-16(24)15(9-14)21(30)27-18-4-1-13(10-25-18)22(31)29-7-5-12-11-26-28-19(12)20-17(29)6-8-32-20/h1-4,6,8-11H,5,7H2,(H,26,28)(H,25,27,30). The molecule has 2 amide bonds. The smallest absolute Gasteiger partial charge is 0.259 e. The van der Waals surface area contributed by atoms with Gasteiger partial charge in [-0.1, -0.05) is 11.6 Å². The largest absolute Gasteiger partial charge is 0.306 e. The van der Waals surface area contributed by atoms with E-state index in [0.29, 0.717) is 18.5 Å². The van der Waals surface area contributed by atoms with Gasteiger partial charge in [-0.2, -0.15) is 5.10 Å². The number of benzene rings is 1. The number of hydrogen-bond acceptors (Lipinski definition) is 5. The third kappa shape index (κ3) is 3.65. The SMILES string of the molecule is O=C(Nc1ccc(C(=O)N2CCc3cn[nH]c3-c3sccc32)cn1)c1cc(Cl)ccc1F. The predicted octanol–water partition coefficient (Wildman–Crippen LogP) is 4.78. The van der Waals surface area contributed by atoms with E-state index in [9.17, 15) is 14.0 Å². The molecule has 0 radical (unpaired) electrons. The monoisotopic (exact) mass is 467 g/mol. The summed E-state index contributed by atoms with van der Waals surface area (Å²) in [5, 5.41) is 11.8. The molecule has 5 rings (SSSR count). The number of carbonyl (C=O) groups is 2. The summed E-state index contributed by atoms with van der Waals surface area (Å²) in [6, 6.07) is 8.73. The van der Waals surface area contributed by atoms with Crippen LogP contribution in [0.5, 0.6) is 0 Å². The van der Waals surface area contributed by atoms with E-state index >= 15 is 0 Å². The van der Waals surface area contributed by atoms with Crippen LogP contribution in [0.2, 0.25) is 5.02 Å². The third-order valence-corrected chi connectivity index (χ3v) is 6.31. The summed E-state index contributed by atoms with van der Waals surface area (Å²) >= 11 is 7.39. The first kappa shape index (κ1) is 20.3. The summed E-state index contributed by atoms with van der Waals surface area (Å²) < 4.78 is 13.9. The molecular weight excluding hydrogens is 453 g/mol. The van der Waals surface area contributed by atoms with Gasteiger partial charge in [-0.3, -0.25) is 14.7 Å². The number of fused-ring (bicyclic) bond motifs is 3. The number of anilines is 2. The first-order valence-corrected chi connectivity index (χ1v) is 10.9. The van der Waals surface area contributed by atoms with Gasteiger partial charge in [-0.05, 0) is 48.2 Å². The van der Waals surface area contributed by atoms with Crippen molar-refractivity contribution >= 4 is 46.3 Å². The molecular formula is C22H15ClFN5O2S. The van der Waals surface area contributed by atoms with Crippen molar-refractivity contribution in [2.75, 3.05) is 16.8 Å². The molecule has 4 heterocycles. The van der Waals surface area contributed by atoms with Gasteiger partial charge < -0.3 is 10.2 Å². The molecule has 1 aliphatic rings. The molecule has 0 aliphatic carbocycles. The molecule has 1 aromatic carbocycles. The number of carbonyl (C=O) groups excluding carboxylic acids is 2. The van der Waals surface area contributed by atoms with Gasteiger partial charge in [0.1, 0.15) is 11.6 Å². The van der Waals surface area contributed by atoms with Crippen LogP contribution >= 0.6 is 22.9 Å². The van der Waals surface area contributed by atoms with Crippen molar-refractivity contribution in [1.29, 1.82) is 0 Å². The Balaban J connectivity index is 1.35. The second-order valence-electron chi connectivity index (χ2n) is 7.12. The molecule has 0 atom stereocenters. The Morgan fingerprint density at radius 2 is 2.06 bits per heavy atom. The fourth-order valence-corrected chi connectivity index (χ4v) is 4.67. The highest BCUT2D eigenvalue weighted by atomic mass is 35.5. The van der Waals surface area contributed by atoms with E-state index in [-0.39, 0.29) is 22.3 Å². The Labute approximate surface area is 190 Å². The summed E-state index contributed by atoms with van der Waals surface area (Å²) in [6.45, 7) is 0.502. The van der Waals surface area contributed by atoms with Gasteiger partial charge >= 0.3 is 0 Å².